The first-order chi connectivity index (χ1) is 7.65. The van der Waals surface area contributed by atoms with E-state index in [2.05, 4.69) is 5.32 Å². The van der Waals surface area contributed by atoms with Gasteiger partial charge in [-0.3, -0.25) is 0 Å². The Bertz CT molecular complexity index is 363. The van der Waals surface area contributed by atoms with Gasteiger partial charge in [-0.05, 0) is 29.8 Å². The summed E-state index contributed by atoms with van der Waals surface area (Å²) in [5.74, 6) is 0. The maximum atomic E-state index is 12.8. The van der Waals surface area contributed by atoms with Crippen LogP contribution >= 0.6 is 11.3 Å². The fourth-order valence-electron chi connectivity index (χ4n) is 1.79. The predicted molar refractivity (Wildman–Crippen MR) is 65.2 cm³/mol. The van der Waals surface area contributed by atoms with Gasteiger partial charge in [0.25, 0.3) is 0 Å². The van der Waals surface area contributed by atoms with Crippen LogP contribution < -0.4 is 5.32 Å². The minimum absolute atomic E-state index is 0.0154. The van der Waals surface area contributed by atoms with Crippen molar-refractivity contribution in [2.45, 2.75) is 39.4 Å². The second-order valence-electron chi connectivity index (χ2n) is 5.34. The summed E-state index contributed by atoms with van der Waals surface area (Å²) in [7, 11) is 1.70. The summed E-state index contributed by atoms with van der Waals surface area (Å²) < 4.78 is 38.4. The molecular weight excluding hydrogens is 247 g/mol. The third kappa shape index (κ3) is 4.00. The number of halogens is 3. The average Bonchev–Trinajstić information content (AvgIpc) is 2.60. The Morgan fingerprint density at radius 1 is 1.24 bits per heavy atom. The Labute approximate surface area is 104 Å². The topological polar surface area (TPSA) is 12.0 Å². The highest BCUT2D eigenvalue weighted by molar-refractivity contribution is 7.08. The van der Waals surface area contributed by atoms with Crippen LogP contribution in [0.5, 0.6) is 0 Å². The molecule has 0 aliphatic heterocycles. The summed E-state index contributed by atoms with van der Waals surface area (Å²) in [5.41, 5.74) is -0.163. The van der Waals surface area contributed by atoms with Crippen molar-refractivity contribution in [1.29, 1.82) is 0 Å². The molecule has 0 aliphatic carbocycles. The van der Waals surface area contributed by atoms with Gasteiger partial charge in [-0.25, -0.2) is 0 Å². The third-order valence-corrected chi connectivity index (χ3v) is 3.30. The lowest BCUT2D eigenvalue weighted by Crippen LogP contribution is -2.24. The molecule has 0 aromatic carbocycles. The highest BCUT2D eigenvalue weighted by Crippen LogP contribution is 2.39. The molecule has 0 saturated heterocycles. The summed E-state index contributed by atoms with van der Waals surface area (Å²) >= 11 is 1.10. The molecule has 0 bridgehead atoms. The van der Waals surface area contributed by atoms with Crippen LogP contribution in [0.15, 0.2) is 10.8 Å². The normalized spacial score (nSPS) is 15.0. The number of alkyl halides is 3. The van der Waals surface area contributed by atoms with Crippen molar-refractivity contribution in [1.82, 2.24) is 5.32 Å². The molecule has 17 heavy (non-hydrogen) atoms. The molecule has 1 nitrogen and oxygen atoms in total. The predicted octanol–water partition coefficient (Wildman–Crippen LogP) is 4.46. The van der Waals surface area contributed by atoms with E-state index in [1.54, 1.807) is 12.4 Å². The monoisotopic (exact) mass is 265 g/mol. The first-order valence-corrected chi connectivity index (χ1v) is 6.40. The summed E-state index contributed by atoms with van der Waals surface area (Å²) in [6.07, 6.45) is -3.59. The molecule has 1 unspecified atom stereocenters. The Balaban J connectivity index is 3.01. The second-order valence-corrected chi connectivity index (χ2v) is 6.09. The zero-order valence-corrected chi connectivity index (χ0v) is 11.3. The van der Waals surface area contributed by atoms with Crippen molar-refractivity contribution < 1.29 is 13.2 Å². The van der Waals surface area contributed by atoms with E-state index in [1.807, 2.05) is 20.8 Å². The molecule has 0 spiro atoms. The first-order valence-electron chi connectivity index (χ1n) is 5.45. The van der Waals surface area contributed by atoms with Crippen molar-refractivity contribution in [2.24, 2.45) is 5.41 Å². The zero-order valence-electron chi connectivity index (χ0n) is 10.5. The number of rotatable bonds is 3. The van der Waals surface area contributed by atoms with Gasteiger partial charge in [0, 0.05) is 11.4 Å². The second kappa shape index (κ2) is 4.98. The SMILES string of the molecule is CNC(CC(C)(C)C)c1cscc1C(F)(F)F. The van der Waals surface area contributed by atoms with Crippen LogP contribution in [0.4, 0.5) is 13.2 Å². The standard InChI is InChI=1S/C12H18F3NS/c1-11(2,3)5-10(16-4)8-6-17-7-9(8)12(13,14)15/h6-7,10,16H,5H2,1-4H3. The molecular formula is C12H18F3NS. The van der Waals surface area contributed by atoms with Gasteiger partial charge in [-0.2, -0.15) is 24.5 Å². The minimum atomic E-state index is -4.26. The lowest BCUT2D eigenvalue weighted by atomic mass is 9.85. The Kier molecular flexibility index (Phi) is 4.25. The van der Waals surface area contributed by atoms with Crippen molar-refractivity contribution in [3.63, 3.8) is 0 Å². The van der Waals surface area contributed by atoms with Crippen LogP contribution in [0.1, 0.15) is 44.4 Å². The molecule has 5 heteroatoms. The van der Waals surface area contributed by atoms with Crippen LogP contribution in [-0.4, -0.2) is 7.05 Å². The van der Waals surface area contributed by atoms with Gasteiger partial charge in [-0.15, -0.1) is 0 Å². The molecule has 1 N–H and O–H groups in total. The van der Waals surface area contributed by atoms with E-state index in [9.17, 15) is 13.2 Å². The van der Waals surface area contributed by atoms with E-state index in [4.69, 9.17) is 0 Å². The highest BCUT2D eigenvalue weighted by Gasteiger charge is 2.36. The van der Waals surface area contributed by atoms with Gasteiger partial charge in [0.15, 0.2) is 0 Å². The maximum absolute atomic E-state index is 12.8. The molecule has 98 valence electrons. The van der Waals surface area contributed by atoms with Gasteiger partial charge in [0.1, 0.15) is 0 Å². The molecule has 0 fully saturated rings. The van der Waals surface area contributed by atoms with Crippen LogP contribution in [0.2, 0.25) is 0 Å². The van der Waals surface area contributed by atoms with Crippen molar-refractivity contribution in [3.8, 4) is 0 Å². The average molecular weight is 265 g/mol. The van der Waals surface area contributed by atoms with E-state index in [0.29, 0.717) is 12.0 Å². The number of hydrogen-bond acceptors (Lipinski definition) is 2. The zero-order chi connectivity index (χ0) is 13.3. The summed E-state index contributed by atoms with van der Waals surface area (Å²) in [6, 6.07) is -0.252. The molecule has 1 aromatic heterocycles. The smallest absolute Gasteiger partial charge is 0.313 e. The van der Waals surface area contributed by atoms with Crippen molar-refractivity contribution in [3.05, 3.63) is 21.9 Å². The molecule has 1 aromatic rings. The molecule has 1 heterocycles. The van der Waals surface area contributed by atoms with Gasteiger partial charge in [-0.1, -0.05) is 20.8 Å². The quantitative estimate of drug-likeness (QED) is 0.850. The fourth-order valence-corrected chi connectivity index (χ4v) is 2.70. The molecule has 0 radical (unpaired) electrons. The van der Waals surface area contributed by atoms with Crippen molar-refractivity contribution >= 4 is 11.3 Å². The van der Waals surface area contributed by atoms with Gasteiger partial charge in [0.2, 0.25) is 0 Å². The molecule has 0 saturated carbocycles. The molecule has 1 atom stereocenters. The van der Waals surface area contributed by atoms with E-state index in [1.165, 1.54) is 5.38 Å². The first kappa shape index (κ1) is 14.5. The number of hydrogen-bond donors (Lipinski definition) is 1. The van der Waals surface area contributed by atoms with E-state index >= 15 is 0 Å². The highest BCUT2D eigenvalue weighted by atomic mass is 32.1. The van der Waals surface area contributed by atoms with Crippen LogP contribution in [0, 0.1) is 5.41 Å². The lowest BCUT2D eigenvalue weighted by Gasteiger charge is -2.26. The van der Waals surface area contributed by atoms with Gasteiger partial charge < -0.3 is 5.32 Å². The van der Waals surface area contributed by atoms with E-state index in [-0.39, 0.29) is 11.5 Å². The molecule has 0 aliphatic rings. The molecule has 1 rings (SSSR count). The van der Waals surface area contributed by atoms with E-state index in [0.717, 1.165) is 11.3 Å². The number of nitrogens with one attached hydrogen (secondary N) is 1. The largest absolute Gasteiger partial charge is 0.417 e. The lowest BCUT2D eigenvalue weighted by molar-refractivity contribution is -0.138. The Hall–Kier alpha value is -0.550. The number of thiophene rings is 1. The summed E-state index contributed by atoms with van der Waals surface area (Å²) in [6.45, 7) is 6.07. The van der Waals surface area contributed by atoms with Crippen LogP contribution in [-0.2, 0) is 6.18 Å². The van der Waals surface area contributed by atoms with E-state index < -0.39 is 11.7 Å². The van der Waals surface area contributed by atoms with Crippen LogP contribution in [0.25, 0.3) is 0 Å². The summed E-state index contributed by atoms with van der Waals surface area (Å²) in [4.78, 5) is 0. The fraction of sp³-hybridized carbons (Fsp3) is 0.667. The van der Waals surface area contributed by atoms with Gasteiger partial charge in [0.05, 0.1) is 5.56 Å². The summed E-state index contributed by atoms with van der Waals surface area (Å²) in [5, 5.41) is 5.76. The van der Waals surface area contributed by atoms with Gasteiger partial charge >= 0.3 is 6.18 Å². The Morgan fingerprint density at radius 2 is 1.82 bits per heavy atom. The maximum Gasteiger partial charge on any atom is 0.417 e. The Morgan fingerprint density at radius 3 is 2.24 bits per heavy atom. The molecule has 0 amide bonds. The third-order valence-electron chi connectivity index (χ3n) is 2.54. The van der Waals surface area contributed by atoms with Crippen LogP contribution in [0.3, 0.4) is 0 Å². The minimum Gasteiger partial charge on any atom is -0.313 e. The van der Waals surface area contributed by atoms with Crippen molar-refractivity contribution in [2.75, 3.05) is 7.05 Å².